The molecule has 2 aromatic carbocycles. The molecule has 2 N–H and O–H groups in total. The molecule has 0 spiro atoms. The van der Waals surface area contributed by atoms with Gasteiger partial charge in [-0.1, -0.05) is 55.4 Å². The van der Waals surface area contributed by atoms with Crippen molar-refractivity contribution < 1.29 is 9.59 Å². The summed E-state index contributed by atoms with van der Waals surface area (Å²) in [5, 5.41) is 6.52. The van der Waals surface area contributed by atoms with E-state index in [1.54, 1.807) is 24.3 Å². The summed E-state index contributed by atoms with van der Waals surface area (Å²) in [6.45, 7) is 8.56. The fraction of sp³-hybridized carbons (Fsp3) is 0.385. The smallest absolute Gasteiger partial charge is 0.262 e. The second kappa shape index (κ2) is 10.8. The lowest BCUT2D eigenvalue weighted by molar-refractivity contribution is -0.112. The molecular formula is C26H30ClN3O2S. The molecule has 4 rings (SSSR count). The molecule has 2 atom stereocenters. The van der Waals surface area contributed by atoms with E-state index >= 15 is 0 Å². The van der Waals surface area contributed by atoms with Crippen molar-refractivity contribution in [2.24, 2.45) is 11.8 Å². The fourth-order valence-electron chi connectivity index (χ4n) is 4.62. The molecule has 1 fully saturated rings. The lowest BCUT2D eigenvalue weighted by Gasteiger charge is -2.34. The van der Waals surface area contributed by atoms with Gasteiger partial charge in [0.2, 0.25) is 0 Å². The summed E-state index contributed by atoms with van der Waals surface area (Å²) in [4.78, 5) is 29.2. The minimum absolute atomic E-state index is 0.116. The molecule has 0 aliphatic carbocycles. The molecule has 5 nitrogen and oxygen atoms in total. The van der Waals surface area contributed by atoms with Crippen molar-refractivity contribution in [3.8, 4) is 0 Å². The summed E-state index contributed by atoms with van der Waals surface area (Å²) in [7, 11) is 0. The number of nitrogens with one attached hydrogen (secondary N) is 2. The van der Waals surface area contributed by atoms with E-state index in [1.165, 1.54) is 18.2 Å². The van der Waals surface area contributed by atoms with Gasteiger partial charge in [-0.05, 0) is 67.1 Å². The molecule has 2 aromatic rings. The quantitative estimate of drug-likeness (QED) is 0.419. The molecule has 2 heterocycles. The van der Waals surface area contributed by atoms with Crippen LogP contribution in [0.3, 0.4) is 0 Å². The third kappa shape index (κ3) is 6.19. The molecule has 7 heteroatoms. The average Bonchev–Trinajstić information content (AvgIpc) is 2.77. The Morgan fingerprint density at radius 3 is 2.73 bits per heavy atom. The van der Waals surface area contributed by atoms with Crippen LogP contribution >= 0.6 is 23.4 Å². The molecule has 0 radical (unpaired) electrons. The fourth-order valence-corrected chi connectivity index (χ4v) is 5.73. The standard InChI is InChI=1S/C26H30ClN3O2S/c1-17-12-18(2)16-30(15-17)11-5-10-28-25(31)20-8-9-23-22(13-20)29-26(32)24(33-23)14-19-6-3-4-7-21(19)27/h3-4,6-9,13-14,17-18H,5,10-12,15-16H2,1-2H3,(H,28,31)(H,29,32)/b24-14+. The maximum Gasteiger partial charge on any atom is 0.262 e. The Kier molecular flexibility index (Phi) is 7.78. The van der Waals surface area contributed by atoms with E-state index in [1.807, 2.05) is 24.3 Å². The van der Waals surface area contributed by atoms with Gasteiger partial charge in [-0.25, -0.2) is 0 Å². The van der Waals surface area contributed by atoms with E-state index in [9.17, 15) is 9.59 Å². The van der Waals surface area contributed by atoms with E-state index < -0.39 is 0 Å². The number of amides is 2. The van der Waals surface area contributed by atoms with Crippen molar-refractivity contribution in [2.45, 2.75) is 31.6 Å². The van der Waals surface area contributed by atoms with E-state index in [0.717, 1.165) is 48.3 Å². The number of rotatable bonds is 6. The third-order valence-corrected chi connectivity index (χ3v) is 7.45. The lowest BCUT2D eigenvalue weighted by Crippen LogP contribution is -2.40. The first-order valence-corrected chi connectivity index (χ1v) is 12.7. The van der Waals surface area contributed by atoms with Crippen LogP contribution in [0, 0.1) is 11.8 Å². The second-order valence-electron chi connectivity index (χ2n) is 9.11. The number of hydrogen-bond acceptors (Lipinski definition) is 4. The number of benzene rings is 2. The SMILES string of the molecule is CC1CC(C)CN(CCCNC(=O)c2ccc3c(c2)NC(=O)/C(=C\c2ccccc2Cl)S3)C1. The number of carbonyl (C=O) groups excluding carboxylic acids is 2. The van der Waals surface area contributed by atoms with Gasteiger partial charge in [-0.2, -0.15) is 0 Å². The van der Waals surface area contributed by atoms with Crippen LogP contribution in [0.2, 0.25) is 5.02 Å². The van der Waals surface area contributed by atoms with Crippen LogP contribution in [0.1, 0.15) is 42.6 Å². The summed E-state index contributed by atoms with van der Waals surface area (Å²) in [6, 6.07) is 12.8. The van der Waals surface area contributed by atoms with Crippen molar-refractivity contribution in [2.75, 3.05) is 31.5 Å². The molecular weight excluding hydrogens is 454 g/mol. The number of nitrogens with zero attached hydrogens (tertiary/aromatic N) is 1. The maximum absolute atomic E-state index is 12.6. The van der Waals surface area contributed by atoms with Gasteiger partial charge < -0.3 is 15.5 Å². The number of anilines is 1. The van der Waals surface area contributed by atoms with Gasteiger partial charge in [-0.15, -0.1) is 0 Å². The van der Waals surface area contributed by atoms with Crippen LogP contribution in [-0.4, -0.2) is 42.9 Å². The highest BCUT2D eigenvalue weighted by Crippen LogP contribution is 2.39. The molecule has 1 saturated heterocycles. The molecule has 2 aliphatic heterocycles. The molecule has 2 unspecified atom stereocenters. The second-order valence-corrected chi connectivity index (χ2v) is 10.6. The number of fused-ring (bicyclic) bond motifs is 1. The predicted molar refractivity (Wildman–Crippen MR) is 137 cm³/mol. The predicted octanol–water partition coefficient (Wildman–Crippen LogP) is 5.52. The first kappa shape index (κ1) is 23.9. The largest absolute Gasteiger partial charge is 0.352 e. The van der Waals surface area contributed by atoms with Gasteiger partial charge in [0.25, 0.3) is 11.8 Å². The number of thioether (sulfide) groups is 1. The average molecular weight is 484 g/mol. The Labute approximate surface area is 205 Å². The molecule has 0 bridgehead atoms. The van der Waals surface area contributed by atoms with Gasteiger partial charge in [-0.3, -0.25) is 9.59 Å². The van der Waals surface area contributed by atoms with E-state index in [-0.39, 0.29) is 11.8 Å². The number of carbonyl (C=O) groups is 2. The molecule has 0 aromatic heterocycles. The highest BCUT2D eigenvalue weighted by Gasteiger charge is 2.23. The van der Waals surface area contributed by atoms with Crippen LogP contribution in [0.5, 0.6) is 0 Å². The molecule has 2 aliphatic rings. The number of piperidine rings is 1. The summed E-state index contributed by atoms with van der Waals surface area (Å²) < 4.78 is 0. The van der Waals surface area contributed by atoms with Crippen LogP contribution < -0.4 is 10.6 Å². The van der Waals surface area contributed by atoms with Crippen LogP contribution in [0.25, 0.3) is 6.08 Å². The molecule has 0 saturated carbocycles. The Bertz CT molecular complexity index is 1060. The van der Waals surface area contributed by atoms with Gasteiger partial charge in [0, 0.05) is 35.1 Å². The number of likely N-dealkylation sites (tertiary alicyclic amines) is 1. The first-order valence-electron chi connectivity index (χ1n) is 11.5. The molecule has 33 heavy (non-hydrogen) atoms. The van der Waals surface area contributed by atoms with E-state index in [2.05, 4.69) is 29.4 Å². The van der Waals surface area contributed by atoms with Crippen LogP contribution in [-0.2, 0) is 4.79 Å². The van der Waals surface area contributed by atoms with Crippen molar-refractivity contribution >= 4 is 46.9 Å². The van der Waals surface area contributed by atoms with Crippen molar-refractivity contribution in [3.63, 3.8) is 0 Å². The van der Waals surface area contributed by atoms with Crippen LogP contribution in [0.4, 0.5) is 5.69 Å². The summed E-state index contributed by atoms with van der Waals surface area (Å²) >= 11 is 7.60. The first-order chi connectivity index (χ1) is 15.9. The third-order valence-electron chi connectivity index (χ3n) is 6.01. The minimum atomic E-state index is -0.199. The van der Waals surface area contributed by atoms with Gasteiger partial charge in [0.1, 0.15) is 0 Å². The van der Waals surface area contributed by atoms with Gasteiger partial charge in [0.05, 0.1) is 10.6 Å². The zero-order valence-corrected chi connectivity index (χ0v) is 20.6. The number of halogens is 1. The van der Waals surface area contributed by atoms with Crippen molar-refractivity contribution in [1.29, 1.82) is 0 Å². The van der Waals surface area contributed by atoms with E-state index in [4.69, 9.17) is 11.6 Å². The van der Waals surface area contributed by atoms with Crippen molar-refractivity contribution in [1.82, 2.24) is 10.2 Å². The monoisotopic (exact) mass is 483 g/mol. The summed E-state index contributed by atoms with van der Waals surface area (Å²) in [5.74, 6) is 1.17. The Morgan fingerprint density at radius 1 is 1.21 bits per heavy atom. The van der Waals surface area contributed by atoms with Crippen molar-refractivity contribution in [3.05, 3.63) is 63.5 Å². The summed E-state index contributed by atoms with van der Waals surface area (Å²) in [5.41, 5.74) is 2.00. The highest BCUT2D eigenvalue weighted by molar-refractivity contribution is 8.04. The molecule has 174 valence electrons. The summed E-state index contributed by atoms with van der Waals surface area (Å²) in [6.07, 6.45) is 4.02. The topological polar surface area (TPSA) is 61.4 Å². The Morgan fingerprint density at radius 2 is 1.97 bits per heavy atom. The van der Waals surface area contributed by atoms with Crippen LogP contribution in [0.15, 0.2) is 52.3 Å². The maximum atomic E-state index is 12.6. The lowest BCUT2D eigenvalue weighted by atomic mass is 9.92. The zero-order valence-electron chi connectivity index (χ0n) is 19.1. The molecule has 2 amide bonds. The minimum Gasteiger partial charge on any atom is -0.352 e. The normalized spacial score (nSPS) is 22.0. The number of hydrogen-bond donors (Lipinski definition) is 2. The van der Waals surface area contributed by atoms with Gasteiger partial charge >= 0.3 is 0 Å². The van der Waals surface area contributed by atoms with E-state index in [0.29, 0.717) is 27.7 Å². The Hall–Kier alpha value is -2.28. The Balaban J connectivity index is 1.33. The van der Waals surface area contributed by atoms with Gasteiger partial charge in [0.15, 0.2) is 0 Å². The zero-order chi connectivity index (χ0) is 23.4. The highest BCUT2D eigenvalue weighted by atomic mass is 35.5.